The summed E-state index contributed by atoms with van der Waals surface area (Å²) in [6.07, 6.45) is 9.22. The van der Waals surface area contributed by atoms with Gasteiger partial charge in [-0.1, -0.05) is 6.42 Å². The highest BCUT2D eigenvalue weighted by atomic mass is 13.9. The van der Waals surface area contributed by atoms with Gasteiger partial charge >= 0.3 is 0 Å². The summed E-state index contributed by atoms with van der Waals surface area (Å²) in [6, 6.07) is 0. The van der Waals surface area contributed by atoms with Gasteiger partial charge in [-0.25, -0.2) is 0 Å². The van der Waals surface area contributed by atoms with Crippen LogP contribution in [-0.2, 0) is 0 Å². The van der Waals surface area contributed by atoms with E-state index in [0.717, 1.165) is 32.1 Å². The van der Waals surface area contributed by atoms with Gasteiger partial charge in [0.2, 0.25) is 0 Å². The molecule has 0 bridgehead atoms. The third kappa shape index (κ3) is 4.86. The highest BCUT2D eigenvalue weighted by Crippen LogP contribution is 2.02. The minimum atomic E-state index is 1.04. The Balaban J connectivity index is 2.26. The monoisotopic (exact) mass is 160 g/mol. The normalized spacial score (nSPS) is 18.7. The molecule has 0 aromatic heterocycles. The van der Waals surface area contributed by atoms with Gasteiger partial charge in [0, 0.05) is 25.7 Å². The zero-order chi connectivity index (χ0) is 8.49. The molecule has 0 saturated heterocycles. The van der Waals surface area contributed by atoms with Crippen LogP contribution >= 0.6 is 0 Å². The van der Waals surface area contributed by atoms with Gasteiger partial charge < -0.3 is 0 Å². The van der Waals surface area contributed by atoms with Crippen LogP contribution in [-0.4, -0.2) is 0 Å². The van der Waals surface area contributed by atoms with Crippen molar-refractivity contribution in [3.63, 3.8) is 0 Å². The number of rotatable bonds is 0. The fourth-order valence-corrected chi connectivity index (χ4v) is 1.22. The molecule has 0 unspecified atom stereocenters. The largest absolute Gasteiger partial charge is 0.103 e. The average molecular weight is 160 g/mol. The van der Waals surface area contributed by atoms with Crippen molar-refractivity contribution in [3.8, 4) is 23.7 Å². The lowest BCUT2D eigenvalue weighted by molar-refractivity contribution is 0.707. The topological polar surface area (TPSA) is 0 Å². The van der Waals surface area contributed by atoms with Crippen molar-refractivity contribution in [3.05, 3.63) is 0 Å². The van der Waals surface area contributed by atoms with Crippen LogP contribution in [0.5, 0.6) is 0 Å². The molecule has 0 spiro atoms. The summed E-state index contributed by atoms with van der Waals surface area (Å²) in [7, 11) is 0. The lowest BCUT2D eigenvalue weighted by Crippen LogP contribution is -1.78. The Labute approximate surface area is 75.7 Å². The lowest BCUT2D eigenvalue weighted by Gasteiger charge is -1.93. The van der Waals surface area contributed by atoms with E-state index < -0.39 is 0 Å². The summed E-state index contributed by atoms with van der Waals surface area (Å²) in [6.45, 7) is 0. The van der Waals surface area contributed by atoms with Gasteiger partial charge in [0.25, 0.3) is 0 Å². The molecule has 0 N–H and O–H groups in total. The first kappa shape index (κ1) is 9.21. The van der Waals surface area contributed by atoms with Gasteiger partial charge in [0.1, 0.15) is 0 Å². The van der Waals surface area contributed by atoms with E-state index >= 15 is 0 Å². The molecule has 0 heterocycles. The van der Waals surface area contributed by atoms with Crippen molar-refractivity contribution in [2.75, 3.05) is 0 Å². The quantitative estimate of drug-likeness (QED) is 0.478. The minimum absolute atomic E-state index is 1.04. The Morgan fingerprint density at radius 3 is 1.33 bits per heavy atom. The van der Waals surface area contributed by atoms with Gasteiger partial charge in [-0.15, -0.1) is 23.7 Å². The van der Waals surface area contributed by atoms with Crippen molar-refractivity contribution in [2.24, 2.45) is 0 Å². The summed E-state index contributed by atoms with van der Waals surface area (Å²) < 4.78 is 0. The van der Waals surface area contributed by atoms with Crippen molar-refractivity contribution < 1.29 is 0 Å². The second-order valence-electron chi connectivity index (χ2n) is 3.12. The lowest BCUT2D eigenvalue weighted by atomic mass is 10.1. The third-order valence-electron chi connectivity index (χ3n) is 1.96. The molecular weight excluding hydrogens is 144 g/mol. The zero-order valence-electron chi connectivity index (χ0n) is 7.66. The van der Waals surface area contributed by atoms with Crippen molar-refractivity contribution in [1.82, 2.24) is 0 Å². The summed E-state index contributed by atoms with van der Waals surface area (Å²) in [4.78, 5) is 0. The maximum atomic E-state index is 3.20. The first-order valence-electron chi connectivity index (χ1n) is 4.91. The van der Waals surface area contributed by atoms with E-state index in [9.17, 15) is 0 Å². The minimum Gasteiger partial charge on any atom is -0.103 e. The molecule has 1 aliphatic rings. The molecule has 0 fully saturated rings. The maximum absolute atomic E-state index is 3.20. The molecule has 1 aliphatic carbocycles. The van der Waals surface area contributed by atoms with E-state index in [0.29, 0.717) is 0 Å². The second kappa shape index (κ2) is 6.81. The van der Waals surface area contributed by atoms with Crippen molar-refractivity contribution >= 4 is 0 Å². The maximum Gasteiger partial charge on any atom is 0.00977 e. The van der Waals surface area contributed by atoms with Crippen LogP contribution < -0.4 is 0 Å². The van der Waals surface area contributed by atoms with Crippen molar-refractivity contribution in [2.45, 2.75) is 51.4 Å². The van der Waals surface area contributed by atoms with Crippen LogP contribution in [0.1, 0.15) is 51.4 Å². The van der Waals surface area contributed by atoms with E-state index in [1.807, 2.05) is 0 Å². The molecule has 1 rings (SSSR count). The van der Waals surface area contributed by atoms with Crippen LogP contribution in [0.25, 0.3) is 0 Å². The first-order chi connectivity index (χ1) is 6.00. The molecule has 0 atom stereocenters. The molecule has 12 heavy (non-hydrogen) atoms. The summed E-state index contributed by atoms with van der Waals surface area (Å²) in [5.74, 6) is 12.8. The highest BCUT2D eigenvalue weighted by molar-refractivity contribution is 5.02. The Morgan fingerprint density at radius 2 is 0.833 bits per heavy atom. The second-order valence-corrected chi connectivity index (χ2v) is 3.12. The van der Waals surface area contributed by atoms with E-state index in [-0.39, 0.29) is 0 Å². The van der Waals surface area contributed by atoms with Crippen LogP contribution in [0.4, 0.5) is 0 Å². The summed E-state index contributed by atoms with van der Waals surface area (Å²) in [5, 5.41) is 0. The molecule has 0 nitrogen and oxygen atoms in total. The third-order valence-corrected chi connectivity index (χ3v) is 1.96. The molecule has 0 aromatic rings. The number of hydrogen-bond acceptors (Lipinski definition) is 0. The van der Waals surface area contributed by atoms with Crippen molar-refractivity contribution in [1.29, 1.82) is 0 Å². The molecule has 0 heteroatoms. The molecule has 64 valence electrons. The van der Waals surface area contributed by atoms with Crippen LogP contribution in [0.2, 0.25) is 0 Å². The predicted molar refractivity (Wildman–Crippen MR) is 52.5 cm³/mol. The highest BCUT2D eigenvalue weighted by Gasteiger charge is 1.87. The van der Waals surface area contributed by atoms with Crippen LogP contribution in [0.15, 0.2) is 0 Å². The predicted octanol–water partition coefficient (Wildman–Crippen LogP) is 3.13. The first-order valence-corrected chi connectivity index (χ1v) is 4.91. The molecule has 0 saturated carbocycles. The van der Waals surface area contributed by atoms with Gasteiger partial charge in [-0.2, -0.15) is 0 Å². The van der Waals surface area contributed by atoms with E-state index in [2.05, 4.69) is 23.7 Å². The Morgan fingerprint density at radius 1 is 0.417 bits per heavy atom. The Hall–Kier alpha value is -0.880. The molecule has 0 amide bonds. The van der Waals surface area contributed by atoms with Crippen LogP contribution in [0, 0.1) is 23.7 Å². The Kier molecular flexibility index (Phi) is 5.22. The van der Waals surface area contributed by atoms with E-state index in [4.69, 9.17) is 0 Å². The SMILES string of the molecule is C1#CCCCCCC#CCCC1. The van der Waals surface area contributed by atoms with Gasteiger partial charge in [-0.3, -0.25) is 0 Å². The van der Waals surface area contributed by atoms with E-state index in [1.165, 1.54) is 19.3 Å². The number of hydrogen-bond donors (Lipinski definition) is 0. The molecule has 0 aliphatic heterocycles. The van der Waals surface area contributed by atoms with Crippen LogP contribution in [0.3, 0.4) is 0 Å². The fourth-order valence-electron chi connectivity index (χ4n) is 1.22. The summed E-state index contributed by atoms with van der Waals surface area (Å²) >= 11 is 0. The molecule has 0 radical (unpaired) electrons. The van der Waals surface area contributed by atoms with Gasteiger partial charge in [0.05, 0.1) is 0 Å². The average Bonchev–Trinajstić information content (AvgIpc) is 2.05. The van der Waals surface area contributed by atoms with Gasteiger partial charge in [-0.05, 0) is 19.3 Å². The zero-order valence-corrected chi connectivity index (χ0v) is 7.66. The van der Waals surface area contributed by atoms with E-state index in [1.54, 1.807) is 0 Å². The smallest absolute Gasteiger partial charge is 0.00977 e. The Bertz CT molecular complexity index is 192. The van der Waals surface area contributed by atoms with Gasteiger partial charge in [0.15, 0.2) is 0 Å². The summed E-state index contributed by atoms with van der Waals surface area (Å²) in [5.41, 5.74) is 0. The fraction of sp³-hybridized carbons (Fsp3) is 0.667. The molecular formula is C12H16. The molecule has 0 aromatic carbocycles. The standard InChI is InChI=1S/C12H16/c1-2-4-6-8-10-12-11-9-7-5-3-1/h1-5,10-12H2.